The topological polar surface area (TPSA) is 45.2 Å². The van der Waals surface area contributed by atoms with Crippen LogP contribution in [0.2, 0.25) is 0 Å². The molecule has 0 fully saturated rings. The van der Waals surface area contributed by atoms with E-state index in [9.17, 15) is 13.9 Å². The maximum Gasteiger partial charge on any atom is 0.232 e. The third-order valence-electron chi connectivity index (χ3n) is 3.43. The first-order chi connectivity index (χ1) is 11.0. The summed E-state index contributed by atoms with van der Waals surface area (Å²) in [7, 11) is 0. The maximum absolute atomic E-state index is 13.0. The predicted octanol–water partition coefficient (Wildman–Crippen LogP) is 4.97. The zero-order valence-electron chi connectivity index (χ0n) is 12.3. The van der Waals surface area contributed by atoms with E-state index in [-0.39, 0.29) is 23.6 Å². The van der Waals surface area contributed by atoms with E-state index in [0.29, 0.717) is 15.6 Å². The summed E-state index contributed by atoms with van der Waals surface area (Å²) in [5.74, 6) is -0.720. The second-order valence-corrected chi connectivity index (χ2v) is 6.10. The minimum absolute atomic E-state index is 0.0952. The SMILES string of the molecule is C[C@H](Nc1nc(O)c(-c2ccc(F)cc2)s1)c1ccc(F)cc1. The van der Waals surface area contributed by atoms with Gasteiger partial charge in [-0.05, 0) is 42.3 Å². The summed E-state index contributed by atoms with van der Waals surface area (Å²) in [5, 5.41) is 13.7. The van der Waals surface area contributed by atoms with Crippen LogP contribution in [0, 0.1) is 11.6 Å². The Morgan fingerprint density at radius 3 is 2.17 bits per heavy atom. The number of hydrogen-bond donors (Lipinski definition) is 2. The van der Waals surface area contributed by atoms with E-state index in [1.165, 1.54) is 35.6 Å². The molecular formula is C17H14F2N2OS. The van der Waals surface area contributed by atoms with Gasteiger partial charge in [0.1, 0.15) is 11.6 Å². The zero-order chi connectivity index (χ0) is 16.4. The molecule has 6 heteroatoms. The number of hydrogen-bond acceptors (Lipinski definition) is 4. The Morgan fingerprint density at radius 2 is 1.57 bits per heavy atom. The molecule has 3 rings (SSSR count). The van der Waals surface area contributed by atoms with E-state index in [2.05, 4.69) is 10.3 Å². The quantitative estimate of drug-likeness (QED) is 0.709. The van der Waals surface area contributed by atoms with Crippen LogP contribution in [0.15, 0.2) is 48.5 Å². The van der Waals surface area contributed by atoms with Gasteiger partial charge in [0.2, 0.25) is 5.88 Å². The van der Waals surface area contributed by atoms with Gasteiger partial charge >= 0.3 is 0 Å². The molecule has 0 spiro atoms. The molecule has 2 N–H and O–H groups in total. The highest BCUT2D eigenvalue weighted by molar-refractivity contribution is 7.19. The first kappa shape index (κ1) is 15.4. The number of anilines is 1. The molecule has 3 aromatic rings. The van der Waals surface area contributed by atoms with Crippen molar-refractivity contribution in [2.45, 2.75) is 13.0 Å². The zero-order valence-corrected chi connectivity index (χ0v) is 13.1. The van der Waals surface area contributed by atoms with Gasteiger partial charge in [-0.2, -0.15) is 4.98 Å². The molecule has 0 radical (unpaired) electrons. The molecule has 0 saturated heterocycles. The highest BCUT2D eigenvalue weighted by Crippen LogP contribution is 2.38. The summed E-state index contributed by atoms with van der Waals surface area (Å²) in [4.78, 5) is 4.66. The summed E-state index contributed by atoms with van der Waals surface area (Å²) >= 11 is 1.28. The summed E-state index contributed by atoms with van der Waals surface area (Å²) in [6.45, 7) is 1.92. The first-order valence-electron chi connectivity index (χ1n) is 7.00. The monoisotopic (exact) mass is 332 g/mol. The Bertz CT molecular complexity index is 800. The van der Waals surface area contributed by atoms with E-state index in [4.69, 9.17) is 0 Å². The highest BCUT2D eigenvalue weighted by atomic mass is 32.1. The van der Waals surface area contributed by atoms with Crippen LogP contribution in [0.3, 0.4) is 0 Å². The van der Waals surface area contributed by atoms with Gasteiger partial charge in [-0.15, -0.1) is 0 Å². The Balaban J connectivity index is 1.80. The minimum atomic E-state index is -0.332. The van der Waals surface area contributed by atoms with Crippen LogP contribution in [0.1, 0.15) is 18.5 Å². The van der Waals surface area contributed by atoms with Crippen molar-refractivity contribution in [3.63, 3.8) is 0 Å². The number of nitrogens with one attached hydrogen (secondary N) is 1. The van der Waals surface area contributed by atoms with Gasteiger partial charge in [0.15, 0.2) is 5.13 Å². The van der Waals surface area contributed by atoms with E-state index in [1.54, 1.807) is 24.3 Å². The van der Waals surface area contributed by atoms with Gasteiger partial charge in [0, 0.05) is 0 Å². The van der Waals surface area contributed by atoms with Crippen LogP contribution < -0.4 is 5.32 Å². The summed E-state index contributed by atoms with van der Waals surface area (Å²) in [6, 6.07) is 12.0. The lowest BCUT2D eigenvalue weighted by Crippen LogP contribution is -2.06. The lowest BCUT2D eigenvalue weighted by Gasteiger charge is -2.12. The average molecular weight is 332 g/mol. The lowest BCUT2D eigenvalue weighted by molar-refractivity contribution is 0.459. The normalized spacial score (nSPS) is 12.1. The van der Waals surface area contributed by atoms with Gasteiger partial charge in [0.25, 0.3) is 0 Å². The predicted molar refractivity (Wildman–Crippen MR) is 87.6 cm³/mol. The first-order valence-corrected chi connectivity index (χ1v) is 7.82. The molecule has 0 unspecified atom stereocenters. The number of halogens is 2. The maximum atomic E-state index is 13.0. The number of aromatic nitrogens is 1. The highest BCUT2D eigenvalue weighted by Gasteiger charge is 2.14. The van der Waals surface area contributed by atoms with Crippen molar-refractivity contribution < 1.29 is 13.9 Å². The minimum Gasteiger partial charge on any atom is -0.492 e. The molecule has 1 heterocycles. The Morgan fingerprint density at radius 1 is 1.00 bits per heavy atom. The van der Waals surface area contributed by atoms with Crippen LogP contribution in [0.25, 0.3) is 10.4 Å². The summed E-state index contributed by atoms with van der Waals surface area (Å²) in [6.07, 6.45) is 0. The molecule has 0 aliphatic carbocycles. The van der Waals surface area contributed by atoms with Crippen molar-refractivity contribution in [1.29, 1.82) is 0 Å². The van der Waals surface area contributed by atoms with Crippen molar-refractivity contribution in [3.8, 4) is 16.3 Å². The van der Waals surface area contributed by atoms with Gasteiger partial charge in [-0.25, -0.2) is 8.78 Å². The molecule has 3 nitrogen and oxygen atoms in total. The van der Waals surface area contributed by atoms with E-state index < -0.39 is 0 Å². The standard InChI is InChI=1S/C17H14F2N2OS/c1-10(11-2-6-13(18)7-3-11)20-17-21-16(22)15(23-17)12-4-8-14(19)9-5-12/h2-10,22H,1H3,(H,20,21)/t10-/m0/s1. The van der Waals surface area contributed by atoms with Crippen molar-refractivity contribution in [1.82, 2.24) is 4.98 Å². The Kier molecular flexibility index (Phi) is 4.25. The van der Waals surface area contributed by atoms with Gasteiger partial charge in [-0.3, -0.25) is 0 Å². The summed E-state index contributed by atoms with van der Waals surface area (Å²) in [5.41, 5.74) is 1.60. The average Bonchev–Trinajstić information content (AvgIpc) is 2.89. The van der Waals surface area contributed by atoms with Crippen molar-refractivity contribution in [2.24, 2.45) is 0 Å². The van der Waals surface area contributed by atoms with E-state index >= 15 is 0 Å². The van der Waals surface area contributed by atoms with Crippen molar-refractivity contribution >= 4 is 16.5 Å². The molecule has 0 amide bonds. The van der Waals surface area contributed by atoms with Crippen molar-refractivity contribution in [2.75, 3.05) is 5.32 Å². The molecule has 0 aliphatic rings. The number of benzene rings is 2. The van der Waals surface area contributed by atoms with Crippen molar-refractivity contribution in [3.05, 3.63) is 65.7 Å². The second-order valence-electron chi connectivity index (χ2n) is 5.10. The molecular weight excluding hydrogens is 318 g/mol. The van der Waals surface area contributed by atoms with Gasteiger partial charge in [0.05, 0.1) is 10.9 Å². The second kappa shape index (κ2) is 6.34. The Hall–Kier alpha value is -2.47. The smallest absolute Gasteiger partial charge is 0.232 e. The molecule has 23 heavy (non-hydrogen) atoms. The molecule has 0 saturated carbocycles. The number of nitrogens with zero attached hydrogens (tertiary/aromatic N) is 1. The van der Waals surface area contributed by atoms with Crippen LogP contribution >= 0.6 is 11.3 Å². The van der Waals surface area contributed by atoms with Gasteiger partial charge < -0.3 is 10.4 Å². The molecule has 0 aliphatic heterocycles. The molecule has 0 bridgehead atoms. The van der Waals surface area contributed by atoms with E-state index in [0.717, 1.165) is 5.56 Å². The number of aromatic hydroxyl groups is 1. The van der Waals surface area contributed by atoms with Gasteiger partial charge in [-0.1, -0.05) is 35.6 Å². The van der Waals surface area contributed by atoms with Crippen LogP contribution in [-0.4, -0.2) is 10.1 Å². The fourth-order valence-electron chi connectivity index (χ4n) is 2.18. The van der Waals surface area contributed by atoms with Crippen LogP contribution in [-0.2, 0) is 0 Å². The van der Waals surface area contributed by atoms with Crippen LogP contribution in [0.5, 0.6) is 5.88 Å². The van der Waals surface area contributed by atoms with E-state index in [1.807, 2.05) is 6.92 Å². The number of rotatable bonds is 4. The fourth-order valence-corrected chi connectivity index (χ4v) is 3.14. The summed E-state index contributed by atoms with van der Waals surface area (Å²) < 4.78 is 25.9. The molecule has 118 valence electrons. The largest absolute Gasteiger partial charge is 0.492 e. The fraction of sp³-hybridized carbons (Fsp3) is 0.118. The molecule has 1 atom stereocenters. The van der Waals surface area contributed by atoms with Crippen LogP contribution in [0.4, 0.5) is 13.9 Å². The number of thiazole rings is 1. The molecule has 2 aromatic carbocycles. The lowest BCUT2D eigenvalue weighted by atomic mass is 10.1. The third-order valence-corrected chi connectivity index (χ3v) is 4.45. The Labute approximate surface area is 136 Å². The third kappa shape index (κ3) is 3.48. The molecule has 1 aromatic heterocycles.